The van der Waals surface area contributed by atoms with E-state index in [0.717, 1.165) is 17.8 Å². The maximum atomic E-state index is 13.9. The average molecular weight is 435 g/mol. The van der Waals surface area contributed by atoms with Crippen LogP contribution >= 0.6 is 0 Å². The largest absolute Gasteiger partial charge is 0.494 e. The minimum atomic E-state index is -1.00. The molecule has 0 aromatic heterocycles. The highest BCUT2D eigenvalue weighted by Crippen LogP contribution is 2.42. The van der Waals surface area contributed by atoms with Gasteiger partial charge < -0.3 is 9.47 Å². The average Bonchev–Trinajstić information content (AvgIpc) is 2.80. The molecule has 174 valence electrons. The van der Waals surface area contributed by atoms with Crippen LogP contribution in [-0.2, 0) is 0 Å². The quantitative estimate of drug-likeness (QED) is 0.273. The highest BCUT2D eigenvalue weighted by Gasteiger charge is 2.30. The van der Waals surface area contributed by atoms with Crippen molar-refractivity contribution >= 4 is 0 Å². The van der Waals surface area contributed by atoms with Crippen LogP contribution in [0.15, 0.2) is 24.3 Å². The topological polar surface area (TPSA) is 18.5 Å². The minimum Gasteiger partial charge on any atom is -0.494 e. The van der Waals surface area contributed by atoms with Gasteiger partial charge in [0.2, 0.25) is 11.6 Å². The Labute approximate surface area is 187 Å². The van der Waals surface area contributed by atoms with Crippen LogP contribution in [0, 0.1) is 35.3 Å². The SMILES string of the molecule is CCCCCC1CCC(C2CCC(/C=C/COc3ccc(OC)c(F)c3F)CC2)CC1. The zero-order chi connectivity index (χ0) is 22.1. The Balaban J connectivity index is 1.34. The molecule has 1 aromatic rings. The number of unbranched alkanes of at least 4 members (excludes halogenated alkanes) is 2. The molecule has 0 bridgehead atoms. The number of hydrogen-bond acceptors (Lipinski definition) is 2. The van der Waals surface area contributed by atoms with Gasteiger partial charge in [0.1, 0.15) is 6.61 Å². The van der Waals surface area contributed by atoms with Gasteiger partial charge in [-0.2, -0.15) is 8.78 Å². The fourth-order valence-corrected chi connectivity index (χ4v) is 5.61. The minimum absolute atomic E-state index is 0.0723. The molecule has 2 aliphatic carbocycles. The number of ether oxygens (including phenoxy) is 2. The van der Waals surface area contributed by atoms with Crippen molar-refractivity contribution in [2.45, 2.75) is 84.0 Å². The molecule has 2 fully saturated rings. The maximum absolute atomic E-state index is 13.9. The summed E-state index contributed by atoms with van der Waals surface area (Å²) in [5, 5.41) is 0. The highest BCUT2D eigenvalue weighted by molar-refractivity contribution is 5.35. The first-order valence-electron chi connectivity index (χ1n) is 12.4. The van der Waals surface area contributed by atoms with Crippen LogP contribution in [0.4, 0.5) is 8.78 Å². The summed E-state index contributed by atoms with van der Waals surface area (Å²) in [6, 6.07) is 2.80. The molecule has 2 saturated carbocycles. The van der Waals surface area contributed by atoms with E-state index in [1.54, 1.807) is 0 Å². The van der Waals surface area contributed by atoms with E-state index in [-0.39, 0.29) is 18.1 Å². The molecule has 3 rings (SSSR count). The third kappa shape index (κ3) is 6.95. The van der Waals surface area contributed by atoms with E-state index < -0.39 is 11.6 Å². The van der Waals surface area contributed by atoms with Gasteiger partial charge in [0, 0.05) is 0 Å². The van der Waals surface area contributed by atoms with Crippen molar-refractivity contribution < 1.29 is 18.3 Å². The van der Waals surface area contributed by atoms with Gasteiger partial charge in [0.15, 0.2) is 11.5 Å². The van der Waals surface area contributed by atoms with Gasteiger partial charge in [-0.25, -0.2) is 0 Å². The second-order valence-electron chi connectivity index (χ2n) is 9.58. The monoisotopic (exact) mass is 434 g/mol. The summed E-state index contributed by atoms with van der Waals surface area (Å²) in [5.74, 6) is 1.26. The van der Waals surface area contributed by atoms with Crippen molar-refractivity contribution in [3.8, 4) is 11.5 Å². The van der Waals surface area contributed by atoms with Gasteiger partial charge in [0.25, 0.3) is 0 Å². The molecule has 0 saturated heterocycles. The Morgan fingerprint density at radius 1 is 0.871 bits per heavy atom. The van der Waals surface area contributed by atoms with Gasteiger partial charge >= 0.3 is 0 Å². The van der Waals surface area contributed by atoms with E-state index in [9.17, 15) is 8.78 Å². The second-order valence-corrected chi connectivity index (χ2v) is 9.58. The van der Waals surface area contributed by atoms with Crippen molar-refractivity contribution in [1.82, 2.24) is 0 Å². The molecule has 0 N–H and O–H groups in total. The van der Waals surface area contributed by atoms with Crippen LogP contribution in [0.2, 0.25) is 0 Å². The standard InChI is InChI=1S/C27H40F2O2/c1-3-4-5-7-20-9-13-22(14-10-20)23-15-11-21(12-16-23)8-6-19-31-25-18-17-24(30-2)26(28)27(25)29/h6,8,17-18,20-23H,3-5,7,9-16,19H2,1-2H3/b8-6+. The van der Waals surface area contributed by atoms with Crippen molar-refractivity contribution in [2.75, 3.05) is 13.7 Å². The molecule has 0 atom stereocenters. The lowest BCUT2D eigenvalue weighted by molar-refractivity contribution is 0.151. The molecule has 2 aliphatic rings. The first-order chi connectivity index (χ1) is 15.1. The van der Waals surface area contributed by atoms with Crippen molar-refractivity contribution in [3.05, 3.63) is 35.9 Å². The first kappa shape index (κ1) is 24.1. The molecule has 31 heavy (non-hydrogen) atoms. The van der Waals surface area contributed by atoms with E-state index in [1.807, 2.05) is 6.08 Å². The van der Waals surface area contributed by atoms with E-state index in [0.29, 0.717) is 5.92 Å². The Bertz CT molecular complexity index is 687. The van der Waals surface area contributed by atoms with E-state index >= 15 is 0 Å². The Morgan fingerprint density at radius 2 is 1.48 bits per heavy atom. The molecule has 2 nitrogen and oxygen atoms in total. The summed E-state index contributed by atoms with van der Waals surface area (Å²) in [6.07, 6.45) is 20.7. The van der Waals surface area contributed by atoms with Crippen molar-refractivity contribution in [1.29, 1.82) is 0 Å². The lowest BCUT2D eigenvalue weighted by Crippen LogP contribution is -2.25. The van der Waals surface area contributed by atoms with Gasteiger partial charge in [-0.15, -0.1) is 0 Å². The smallest absolute Gasteiger partial charge is 0.204 e. The van der Waals surface area contributed by atoms with Gasteiger partial charge in [-0.3, -0.25) is 0 Å². The molecule has 0 heterocycles. The number of benzene rings is 1. The summed E-state index contributed by atoms with van der Waals surface area (Å²) < 4.78 is 37.9. The fraction of sp³-hybridized carbons (Fsp3) is 0.704. The number of halogens is 2. The summed E-state index contributed by atoms with van der Waals surface area (Å²) >= 11 is 0. The molecule has 0 radical (unpaired) electrons. The van der Waals surface area contributed by atoms with E-state index in [2.05, 4.69) is 13.0 Å². The number of rotatable bonds is 10. The molecule has 0 aliphatic heterocycles. The predicted octanol–water partition coefficient (Wildman–Crippen LogP) is 8.10. The van der Waals surface area contributed by atoms with Gasteiger partial charge in [-0.05, 0) is 74.3 Å². The van der Waals surface area contributed by atoms with Gasteiger partial charge in [-0.1, -0.05) is 57.6 Å². The normalized spacial score (nSPS) is 26.8. The third-order valence-corrected chi connectivity index (χ3v) is 7.57. The number of hydrogen-bond donors (Lipinski definition) is 0. The molecule has 0 unspecified atom stereocenters. The van der Waals surface area contributed by atoms with Gasteiger partial charge in [0.05, 0.1) is 7.11 Å². The molecule has 1 aromatic carbocycles. The molecule has 4 heteroatoms. The number of methoxy groups -OCH3 is 1. The zero-order valence-corrected chi connectivity index (χ0v) is 19.4. The van der Waals surface area contributed by atoms with E-state index in [1.165, 1.54) is 96.3 Å². The summed E-state index contributed by atoms with van der Waals surface area (Å²) in [7, 11) is 1.31. The summed E-state index contributed by atoms with van der Waals surface area (Å²) in [4.78, 5) is 0. The molecular formula is C27H40F2O2. The first-order valence-corrected chi connectivity index (χ1v) is 12.4. The maximum Gasteiger partial charge on any atom is 0.204 e. The van der Waals surface area contributed by atoms with Crippen molar-refractivity contribution in [2.24, 2.45) is 23.7 Å². The number of allylic oxidation sites excluding steroid dienone is 1. The van der Waals surface area contributed by atoms with E-state index in [4.69, 9.17) is 9.47 Å². The lowest BCUT2D eigenvalue weighted by Gasteiger charge is -2.37. The third-order valence-electron chi connectivity index (χ3n) is 7.57. The van der Waals surface area contributed by atoms with Crippen LogP contribution < -0.4 is 9.47 Å². The lowest BCUT2D eigenvalue weighted by atomic mass is 9.68. The summed E-state index contributed by atoms with van der Waals surface area (Å²) in [5.41, 5.74) is 0. The Hall–Kier alpha value is -1.58. The Morgan fingerprint density at radius 3 is 2.13 bits per heavy atom. The molecule has 0 spiro atoms. The Kier molecular flexibility index (Phi) is 9.67. The predicted molar refractivity (Wildman–Crippen MR) is 123 cm³/mol. The fourth-order valence-electron chi connectivity index (χ4n) is 5.61. The summed E-state index contributed by atoms with van der Waals surface area (Å²) in [6.45, 7) is 2.54. The second kappa shape index (κ2) is 12.5. The van der Waals surface area contributed by atoms with Crippen LogP contribution in [-0.4, -0.2) is 13.7 Å². The van der Waals surface area contributed by atoms with Crippen LogP contribution in [0.5, 0.6) is 11.5 Å². The van der Waals surface area contributed by atoms with Crippen molar-refractivity contribution in [3.63, 3.8) is 0 Å². The van der Waals surface area contributed by atoms with Crippen LogP contribution in [0.3, 0.4) is 0 Å². The molecular weight excluding hydrogens is 394 g/mol. The zero-order valence-electron chi connectivity index (χ0n) is 19.4. The highest BCUT2D eigenvalue weighted by atomic mass is 19.2. The van der Waals surface area contributed by atoms with Crippen LogP contribution in [0.25, 0.3) is 0 Å². The molecule has 0 amide bonds. The van der Waals surface area contributed by atoms with Crippen LogP contribution in [0.1, 0.15) is 84.0 Å².